The highest BCUT2D eigenvalue weighted by Gasteiger charge is 2.33. The van der Waals surface area contributed by atoms with Gasteiger partial charge < -0.3 is 10.2 Å². The molecule has 3 rings (SSSR count). The molecular weight excluding hydrogens is 510 g/mol. The summed E-state index contributed by atoms with van der Waals surface area (Å²) in [5.41, 5.74) is 3.83. The van der Waals surface area contributed by atoms with Crippen LogP contribution < -0.4 is 9.62 Å². The van der Waals surface area contributed by atoms with E-state index in [-0.39, 0.29) is 18.4 Å². The molecule has 1 atom stereocenters. The molecule has 0 aliphatic carbocycles. The van der Waals surface area contributed by atoms with Gasteiger partial charge >= 0.3 is 0 Å². The third-order valence-electron chi connectivity index (χ3n) is 6.46. The Morgan fingerprint density at radius 2 is 1.46 bits per heavy atom. The lowest BCUT2D eigenvalue weighted by molar-refractivity contribution is -0.140. The van der Waals surface area contributed by atoms with Gasteiger partial charge in [0.15, 0.2) is 0 Å². The standard InChI is InChI=1S/C31H39N3O4S/c1-23(2)20-32-31(36)29(19-26-12-8-6-9-13-26)33(21-27-14-10-7-11-15-27)30(35)22-34(39(5,37)38)28-18-24(3)16-17-25(28)4/h6-18,23,29H,19-22H2,1-5H3,(H,32,36). The zero-order chi connectivity index (χ0) is 28.6. The average Bonchev–Trinajstić information content (AvgIpc) is 2.89. The normalized spacial score (nSPS) is 12.2. The molecule has 0 fully saturated rings. The molecule has 7 nitrogen and oxygen atoms in total. The van der Waals surface area contributed by atoms with E-state index in [2.05, 4.69) is 5.32 Å². The van der Waals surface area contributed by atoms with Crippen LogP contribution >= 0.6 is 0 Å². The summed E-state index contributed by atoms with van der Waals surface area (Å²) in [6, 6.07) is 23.6. The lowest BCUT2D eigenvalue weighted by Crippen LogP contribution is -2.53. The Kier molecular flexibility index (Phi) is 10.3. The van der Waals surface area contributed by atoms with E-state index in [1.807, 2.05) is 100 Å². The Morgan fingerprint density at radius 1 is 0.872 bits per heavy atom. The van der Waals surface area contributed by atoms with Crippen molar-refractivity contribution in [1.82, 2.24) is 10.2 Å². The highest BCUT2D eigenvalue weighted by Crippen LogP contribution is 2.25. The van der Waals surface area contributed by atoms with Crippen LogP contribution in [0.15, 0.2) is 78.9 Å². The largest absolute Gasteiger partial charge is 0.354 e. The number of hydrogen-bond acceptors (Lipinski definition) is 4. The zero-order valence-corrected chi connectivity index (χ0v) is 24.2. The highest BCUT2D eigenvalue weighted by atomic mass is 32.2. The molecule has 2 amide bonds. The van der Waals surface area contributed by atoms with E-state index in [9.17, 15) is 18.0 Å². The van der Waals surface area contributed by atoms with Crippen molar-refractivity contribution >= 4 is 27.5 Å². The molecule has 3 aromatic carbocycles. The van der Waals surface area contributed by atoms with Crippen LogP contribution in [0.5, 0.6) is 0 Å². The van der Waals surface area contributed by atoms with Crippen molar-refractivity contribution in [2.45, 2.75) is 46.7 Å². The summed E-state index contributed by atoms with van der Waals surface area (Å²) in [5.74, 6) is -0.491. The molecule has 0 saturated heterocycles. The van der Waals surface area contributed by atoms with Crippen LogP contribution in [0.4, 0.5) is 5.69 Å². The van der Waals surface area contributed by atoms with Gasteiger partial charge in [0, 0.05) is 19.5 Å². The summed E-state index contributed by atoms with van der Waals surface area (Å²) in [4.78, 5) is 29.2. The van der Waals surface area contributed by atoms with Gasteiger partial charge in [0.2, 0.25) is 21.8 Å². The maximum absolute atomic E-state index is 14.1. The first-order chi connectivity index (χ1) is 18.5. The molecule has 8 heteroatoms. The third kappa shape index (κ3) is 8.68. The van der Waals surface area contributed by atoms with Crippen LogP contribution in [0.2, 0.25) is 0 Å². The molecule has 39 heavy (non-hydrogen) atoms. The highest BCUT2D eigenvalue weighted by molar-refractivity contribution is 7.92. The van der Waals surface area contributed by atoms with Crippen molar-refractivity contribution in [3.05, 3.63) is 101 Å². The van der Waals surface area contributed by atoms with E-state index in [1.54, 1.807) is 6.07 Å². The van der Waals surface area contributed by atoms with Crippen molar-refractivity contribution in [3.63, 3.8) is 0 Å². The van der Waals surface area contributed by atoms with Crippen molar-refractivity contribution in [2.75, 3.05) is 23.7 Å². The van der Waals surface area contributed by atoms with Crippen molar-refractivity contribution in [3.8, 4) is 0 Å². The third-order valence-corrected chi connectivity index (χ3v) is 7.59. The van der Waals surface area contributed by atoms with E-state index in [1.165, 1.54) is 4.90 Å². The Hall–Kier alpha value is -3.65. The minimum atomic E-state index is -3.80. The van der Waals surface area contributed by atoms with Gasteiger partial charge in [-0.1, -0.05) is 86.6 Å². The van der Waals surface area contributed by atoms with Gasteiger partial charge in [-0.2, -0.15) is 0 Å². The second kappa shape index (κ2) is 13.4. The Labute approximate surface area is 232 Å². The van der Waals surface area contributed by atoms with Crippen LogP contribution in [0, 0.1) is 19.8 Å². The van der Waals surface area contributed by atoms with Crippen LogP contribution in [0.25, 0.3) is 0 Å². The predicted octanol–water partition coefficient (Wildman–Crippen LogP) is 4.48. The first-order valence-corrected chi connectivity index (χ1v) is 15.0. The molecule has 208 valence electrons. The molecule has 0 aliphatic rings. The second-order valence-electron chi connectivity index (χ2n) is 10.4. The summed E-state index contributed by atoms with van der Waals surface area (Å²) in [6.45, 7) is 7.92. The SMILES string of the molecule is Cc1ccc(C)c(N(CC(=O)N(Cc2ccccc2)C(Cc2ccccc2)C(=O)NCC(C)C)S(C)(=O)=O)c1. The number of carbonyl (C=O) groups excluding carboxylic acids is 2. The molecule has 3 aromatic rings. The monoisotopic (exact) mass is 549 g/mol. The van der Waals surface area contributed by atoms with Crippen LogP contribution in [-0.2, 0) is 32.6 Å². The number of anilines is 1. The van der Waals surface area contributed by atoms with E-state index >= 15 is 0 Å². The van der Waals surface area contributed by atoms with Gasteiger partial charge in [-0.05, 0) is 48.1 Å². The van der Waals surface area contributed by atoms with E-state index in [4.69, 9.17) is 0 Å². The van der Waals surface area contributed by atoms with E-state index in [0.29, 0.717) is 18.7 Å². The molecule has 1 N–H and O–H groups in total. The van der Waals surface area contributed by atoms with E-state index in [0.717, 1.165) is 32.8 Å². The van der Waals surface area contributed by atoms with Crippen molar-refractivity contribution < 1.29 is 18.0 Å². The molecule has 0 saturated carbocycles. The van der Waals surface area contributed by atoms with Gasteiger partial charge in [0.05, 0.1) is 11.9 Å². The molecule has 0 bridgehead atoms. The summed E-state index contributed by atoms with van der Waals surface area (Å²) in [5, 5.41) is 2.99. The predicted molar refractivity (Wildman–Crippen MR) is 157 cm³/mol. The number of rotatable bonds is 12. The maximum Gasteiger partial charge on any atom is 0.244 e. The summed E-state index contributed by atoms with van der Waals surface area (Å²) >= 11 is 0. The summed E-state index contributed by atoms with van der Waals surface area (Å²) in [7, 11) is -3.80. The van der Waals surface area contributed by atoms with Crippen molar-refractivity contribution in [1.29, 1.82) is 0 Å². The summed E-state index contributed by atoms with van der Waals surface area (Å²) < 4.78 is 27.1. The van der Waals surface area contributed by atoms with Gasteiger partial charge in [0.25, 0.3) is 0 Å². The minimum absolute atomic E-state index is 0.163. The van der Waals surface area contributed by atoms with Gasteiger partial charge in [-0.3, -0.25) is 13.9 Å². The number of nitrogens with zero attached hydrogens (tertiary/aromatic N) is 2. The van der Waals surface area contributed by atoms with Gasteiger partial charge in [-0.15, -0.1) is 0 Å². The number of amides is 2. The summed E-state index contributed by atoms with van der Waals surface area (Å²) in [6.07, 6.45) is 1.39. The smallest absolute Gasteiger partial charge is 0.244 e. The second-order valence-corrected chi connectivity index (χ2v) is 12.3. The Bertz CT molecular complexity index is 1360. The van der Waals surface area contributed by atoms with E-state index < -0.39 is 28.5 Å². The number of sulfonamides is 1. The van der Waals surface area contributed by atoms with Crippen molar-refractivity contribution in [2.24, 2.45) is 5.92 Å². The Morgan fingerprint density at radius 3 is 2.03 bits per heavy atom. The number of nitrogens with one attached hydrogen (secondary N) is 1. The number of aryl methyl sites for hydroxylation is 2. The average molecular weight is 550 g/mol. The fourth-order valence-corrected chi connectivity index (χ4v) is 5.24. The van der Waals surface area contributed by atoms with Crippen LogP contribution in [-0.4, -0.2) is 50.5 Å². The number of benzene rings is 3. The molecule has 0 aromatic heterocycles. The van der Waals surface area contributed by atoms with Gasteiger partial charge in [-0.25, -0.2) is 8.42 Å². The first-order valence-electron chi connectivity index (χ1n) is 13.2. The molecule has 1 unspecified atom stereocenters. The fraction of sp³-hybridized carbons (Fsp3) is 0.355. The number of carbonyl (C=O) groups is 2. The molecule has 0 spiro atoms. The number of hydrogen-bond donors (Lipinski definition) is 1. The molecule has 0 aliphatic heterocycles. The van der Waals surface area contributed by atoms with Crippen LogP contribution in [0.3, 0.4) is 0 Å². The lowest BCUT2D eigenvalue weighted by atomic mass is 10.0. The minimum Gasteiger partial charge on any atom is -0.354 e. The molecular formula is C31H39N3O4S. The zero-order valence-electron chi connectivity index (χ0n) is 23.4. The molecule has 0 radical (unpaired) electrons. The fourth-order valence-electron chi connectivity index (χ4n) is 4.34. The van der Waals surface area contributed by atoms with Crippen LogP contribution in [0.1, 0.15) is 36.1 Å². The quantitative estimate of drug-likeness (QED) is 0.361. The topological polar surface area (TPSA) is 86.8 Å². The van der Waals surface area contributed by atoms with Gasteiger partial charge in [0.1, 0.15) is 12.6 Å². The first kappa shape index (κ1) is 29.9. The molecule has 0 heterocycles. The Balaban J connectivity index is 2.05. The lowest BCUT2D eigenvalue weighted by Gasteiger charge is -2.34. The maximum atomic E-state index is 14.1.